The molecule has 0 atom stereocenters. The van der Waals surface area contributed by atoms with E-state index in [9.17, 15) is 0 Å². The second kappa shape index (κ2) is 5.82. The fraction of sp³-hybridized carbons (Fsp3) is 0.286. The molecule has 1 heteroatoms. The van der Waals surface area contributed by atoms with E-state index in [2.05, 4.69) is 47.9 Å². The topological polar surface area (TPSA) is 0 Å². The lowest BCUT2D eigenvalue weighted by Gasteiger charge is -2.07. The quantitative estimate of drug-likeness (QED) is 0.668. The molecular formula is C14H16S. The van der Waals surface area contributed by atoms with Crippen molar-refractivity contribution in [2.24, 2.45) is 0 Å². The number of hydrogen-bond acceptors (Lipinski definition) is 1. The molecule has 0 unspecified atom stereocenters. The Bertz CT molecular complexity index is 349. The van der Waals surface area contributed by atoms with Crippen molar-refractivity contribution in [2.75, 3.05) is 0 Å². The van der Waals surface area contributed by atoms with Crippen LogP contribution in [-0.2, 0) is 5.75 Å². The summed E-state index contributed by atoms with van der Waals surface area (Å²) >= 11 is 1.92. The number of allylic oxidation sites excluding steroid dienone is 3. The summed E-state index contributed by atoms with van der Waals surface area (Å²) in [7, 11) is 0. The monoisotopic (exact) mass is 216 g/mol. The summed E-state index contributed by atoms with van der Waals surface area (Å²) in [5, 5.41) is 2.34. The van der Waals surface area contributed by atoms with E-state index in [1.807, 2.05) is 11.8 Å². The van der Waals surface area contributed by atoms with Crippen LogP contribution in [0.1, 0.15) is 24.8 Å². The van der Waals surface area contributed by atoms with Crippen molar-refractivity contribution in [3.05, 3.63) is 59.0 Å². The second-order valence-corrected chi connectivity index (χ2v) is 4.64. The second-order valence-electron chi connectivity index (χ2n) is 3.79. The van der Waals surface area contributed by atoms with Gasteiger partial charge in [0.2, 0.25) is 0 Å². The van der Waals surface area contributed by atoms with Crippen molar-refractivity contribution in [2.45, 2.75) is 25.0 Å². The Balaban J connectivity index is 1.81. The van der Waals surface area contributed by atoms with Crippen LogP contribution in [-0.4, -0.2) is 0 Å². The molecule has 0 N–H and O–H groups in total. The zero-order valence-corrected chi connectivity index (χ0v) is 9.67. The van der Waals surface area contributed by atoms with Crippen molar-refractivity contribution in [1.82, 2.24) is 0 Å². The smallest absolute Gasteiger partial charge is 0.0226 e. The highest BCUT2D eigenvalue weighted by Crippen LogP contribution is 2.22. The Morgan fingerprint density at radius 3 is 2.73 bits per heavy atom. The molecule has 0 aliphatic heterocycles. The highest BCUT2D eigenvalue weighted by molar-refractivity contribution is 8.01. The number of benzene rings is 1. The molecule has 1 aromatic rings. The highest BCUT2D eigenvalue weighted by Gasteiger charge is 1.99. The van der Waals surface area contributed by atoms with Gasteiger partial charge in [0.05, 0.1) is 0 Å². The van der Waals surface area contributed by atoms with Gasteiger partial charge in [-0.05, 0) is 30.2 Å². The minimum atomic E-state index is 1.09. The fourth-order valence-electron chi connectivity index (χ4n) is 1.66. The molecular weight excluding hydrogens is 200 g/mol. The molecule has 2 rings (SSSR count). The molecule has 0 heterocycles. The predicted octanol–water partition coefficient (Wildman–Crippen LogP) is 4.54. The maximum absolute atomic E-state index is 2.34. The summed E-state index contributed by atoms with van der Waals surface area (Å²) in [4.78, 5) is 0. The van der Waals surface area contributed by atoms with Crippen LogP contribution in [0.15, 0.2) is 53.5 Å². The summed E-state index contributed by atoms with van der Waals surface area (Å²) in [5.74, 6) is 1.09. The van der Waals surface area contributed by atoms with Crippen LogP contribution in [0.25, 0.3) is 0 Å². The molecule has 78 valence electrons. The van der Waals surface area contributed by atoms with Gasteiger partial charge in [-0.15, -0.1) is 11.8 Å². The fourth-order valence-corrected chi connectivity index (χ4v) is 2.58. The largest absolute Gasteiger partial charge is 0.129 e. The van der Waals surface area contributed by atoms with Gasteiger partial charge in [0.15, 0.2) is 0 Å². The molecule has 0 nitrogen and oxygen atoms in total. The molecule has 0 radical (unpaired) electrons. The van der Waals surface area contributed by atoms with Crippen molar-refractivity contribution >= 4 is 11.8 Å². The van der Waals surface area contributed by atoms with Crippen molar-refractivity contribution in [3.8, 4) is 0 Å². The van der Waals surface area contributed by atoms with Crippen LogP contribution in [0.2, 0.25) is 0 Å². The SMILES string of the molecule is C1=CCC(=CSCc2ccccc2)CC1. The lowest BCUT2D eigenvalue weighted by molar-refractivity contribution is 0.904. The van der Waals surface area contributed by atoms with Gasteiger partial charge in [-0.2, -0.15) is 0 Å². The summed E-state index contributed by atoms with van der Waals surface area (Å²) in [6, 6.07) is 10.6. The van der Waals surface area contributed by atoms with Gasteiger partial charge in [-0.3, -0.25) is 0 Å². The van der Waals surface area contributed by atoms with E-state index in [1.54, 1.807) is 5.57 Å². The van der Waals surface area contributed by atoms with Crippen molar-refractivity contribution in [3.63, 3.8) is 0 Å². The highest BCUT2D eigenvalue weighted by atomic mass is 32.2. The van der Waals surface area contributed by atoms with Gasteiger partial charge in [-0.25, -0.2) is 0 Å². The Morgan fingerprint density at radius 1 is 1.13 bits per heavy atom. The van der Waals surface area contributed by atoms with E-state index in [1.165, 1.54) is 18.4 Å². The third-order valence-corrected chi connectivity index (χ3v) is 3.52. The lowest BCUT2D eigenvalue weighted by Crippen LogP contribution is -1.86. The Morgan fingerprint density at radius 2 is 2.00 bits per heavy atom. The molecule has 0 amide bonds. The van der Waals surface area contributed by atoms with Gasteiger partial charge in [0.1, 0.15) is 0 Å². The molecule has 1 aliphatic carbocycles. The minimum Gasteiger partial charge on any atom is -0.129 e. The van der Waals surface area contributed by atoms with Crippen LogP contribution in [0.5, 0.6) is 0 Å². The average molecular weight is 216 g/mol. The van der Waals surface area contributed by atoms with E-state index in [4.69, 9.17) is 0 Å². The van der Waals surface area contributed by atoms with Crippen LogP contribution in [0, 0.1) is 0 Å². The van der Waals surface area contributed by atoms with Crippen LogP contribution >= 0.6 is 11.8 Å². The molecule has 1 aromatic carbocycles. The standard InChI is InChI=1S/C14H16S/c1-3-7-13(8-4-1)11-15-12-14-9-5-2-6-10-14/h1-5,7-8,12H,6,9-11H2. The van der Waals surface area contributed by atoms with Crippen LogP contribution in [0.3, 0.4) is 0 Å². The number of rotatable bonds is 3. The molecule has 0 saturated carbocycles. The maximum Gasteiger partial charge on any atom is 0.0226 e. The molecule has 0 fully saturated rings. The molecule has 0 spiro atoms. The first kappa shape index (κ1) is 10.6. The molecule has 0 bridgehead atoms. The van der Waals surface area contributed by atoms with Gasteiger partial charge in [-0.1, -0.05) is 48.1 Å². The van der Waals surface area contributed by atoms with Crippen molar-refractivity contribution < 1.29 is 0 Å². The van der Waals surface area contributed by atoms with E-state index < -0.39 is 0 Å². The normalized spacial score (nSPS) is 18.3. The summed E-state index contributed by atoms with van der Waals surface area (Å²) in [5.41, 5.74) is 2.99. The molecule has 0 aromatic heterocycles. The summed E-state index contributed by atoms with van der Waals surface area (Å²) in [6.07, 6.45) is 8.18. The third kappa shape index (κ3) is 3.60. The predicted molar refractivity (Wildman–Crippen MR) is 68.8 cm³/mol. The summed E-state index contributed by atoms with van der Waals surface area (Å²) < 4.78 is 0. The molecule has 0 saturated heterocycles. The van der Waals surface area contributed by atoms with Gasteiger partial charge in [0, 0.05) is 5.75 Å². The zero-order chi connectivity index (χ0) is 10.3. The van der Waals surface area contributed by atoms with Gasteiger partial charge >= 0.3 is 0 Å². The Hall–Kier alpha value is -0.950. The van der Waals surface area contributed by atoms with E-state index in [0.29, 0.717) is 0 Å². The minimum absolute atomic E-state index is 1.09. The first-order valence-electron chi connectivity index (χ1n) is 5.43. The maximum atomic E-state index is 2.34. The van der Waals surface area contributed by atoms with Crippen LogP contribution in [0.4, 0.5) is 0 Å². The van der Waals surface area contributed by atoms with Crippen LogP contribution < -0.4 is 0 Å². The third-order valence-electron chi connectivity index (χ3n) is 2.52. The van der Waals surface area contributed by atoms with E-state index in [-0.39, 0.29) is 0 Å². The Kier molecular flexibility index (Phi) is 4.10. The first-order chi connectivity index (χ1) is 7.45. The summed E-state index contributed by atoms with van der Waals surface area (Å²) in [6.45, 7) is 0. The first-order valence-corrected chi connectivity index (χ1v) is 6.48. The van der Waals surface area contributed by atoms with Crippen molar-refractivity contribution in [1.29, 1.82) is 0 Å². The van der Waals surface area contributed by atoms with Gasteiger partial charge in [0.25, 0.3) is 0 Å². The Labute approximate surface area is 96.1 Å². The number of hydrogen-bond donors (Lipinski definition) is 0. The van der Waals surface area contributed by atoms with E-state index in [0.717, 1.165) is 12.2 Å². The molecule has 15 heavy (non-hydrogen) atoms. The van der Waals surface area contributed by atoms with E-state index >= 15 is 0 Å². The molecule has 1 aliphatic rings. The average Bonchev–Trinajstić information content (AvgIpc) is 2.32. The number of thioether (sulfide) groups is 1. The lowest BCUT2D eigenvalue weighted by atomic mass is 10.0. The zero-order valence-electron chi connectivity index (χ0n) is 8.86. The van der Waals surface area contributed by atoms with Gasteiger partial charge < -0.3 is 0 Å².